The van der Waals surface area contributed by atoms with Crippen LogP contribution in [0.5, 0.6) is 23.0 Å². The van der Waals surface area contributed by atoms with E-state index in [0.29, 0.717) is 47.3 Å². The number of fused-ring (bicyclic) bond motifs is 2. The van der Waals surface area contributed by atoms with Crippen LogP contribution in [0.1, 0.15) is 62.5 Å². The van der Waals surface area contributed by atoms with E-state index in [1.807, 2.05) is 0 Å². The highest BCUT2D eigenvalue weighted by Crippen LogP contribution is 2.30. The number of carbonyl (C=O) groups is 2. The summed E-state index contributed by atoms with van der Waals surface area (Å²) in [5.74, 6) is 0.452. The van der Waals surface area contributed by atoms with Crippen molar-refractivity contribution in [1.82, 2.24) is 0 Å². The number of hydrogen-bond donors (Lipinski definition) is 2. The molecule has 0 saturated heterocycles. The van der Waals surface area contributed by atoms with Crippen molar-refractivity contribution in [2.75, 3.05) is 26.8 Å². The zero-order valence-electron chi connectivity index (χ0n) is 21.5. The van der Waals surface area contributed by atoms with Crippen molar-refractivity contribution >= 4 is 11.9 Å². The minimum Gasteiger partial charge on any atom is -0.490 e. The number of hydrogen-bond acceptors (Lipinski definition) is 10. The number of cyclic esters (lactones) is 2. The summed E-state index contributed by atoms with van der Waals surface area (Å²) in [4.78, 5) is 24.1. The Labute approximate surface area is 222 Å². The Balaban J connectivity index is 1.58. The number of aliphatic hydroxyl groups is 2. The van der Waals surface area contributed by atoms with Crippen LogP contribution >= 0.6 is 0 Å². The average Bonchev–Trinajstić information content (AvgIpc) is 2.93. The van der Waals surface area contributed by atoms with Crippen LogP contribution < -0.4 is 18.9 Å². The summed E-state index contributed by atoms with van der Waals surface area (Å²) >= 11 is 0. The molecule has 2 N–H and O–H groups in total. The molecule has 1 heterocycles. The van der Waals surface area contributed by atoms with Crippen molar-refractivity contribution in [3.63, 3.8) is 0 Å². The van der Waals surface area contributed by atoms with Crippen LogP contribution in [-0.2, 0) is 32.3 Å². The summed E-state index contributed by atoms with van der Waals surface area (Å²) < 4.78 is 33.0. The zero-order chi connectivity index (χ0) is 27.0. The minimum absolute atomic E-state index is 0.165. The SMILES string of the molecule is O=C1CCC(=O)OCOc2cc(CO)ccc2OCCCCCCCCOc2ccc(CO)cc2OCO1. The summed E-state index contributed by atoms with van der Waals surface area (Å²) in [7, 11) is 0. The molecule has 0 unspecified atom stereocenters. The number of esters is 2. The van der Waals surface area contributed by atoms with Gasteiger partial charge in [-0.05, 0) is 48.2 Å². The van der Waals surface area contributed by atoms with Crippen molar-refractivity contribution in [2.45, 2.75) is 64.6 Å². The third kappa shape index (κ3) is 10.1. The second-order valence-corrected chi connectivity index (χ2v) is 8.75. The van der Waals surface area contributed by atoms with Gasteiger partial charge in [0, 0.05) is 0 Å². The third-order valence-corrected chi connectivity index (χ3v) is 5.84. The summed E-state index contributed by atoms with van der Waals surface area (Å²) in [6.45, 7) is -0.0553. The topological polar surface area (TPSA) is 130 Å². The molecular formula is C28H36O10. The fraction of sp³-hybridized carbons (Fsp3) is 0.500. The van der Waals surface area contributed by atoms with Gasteiger partial charge in [-0.25, -0.2) is 0 Å². The molecule has 1 aliphatic heterocycles. The van der Waals surface area contributed by atoms with Crippen LogP contribution in [0, 0.1) is 0 Å². The van der Waals surface area contributed by atoms with Crippen molar-refractivity contribution in [3.05, 3.63) is 47.5 Å². The molecule has 0 fully saturated rings. The van der Waals surface area contributed by atoms with E-state index in [0.717, 1.165) is 38.5 Å². The second kappa shape index (κ2) is 16.4. The molecule has 0 radical (unpaired) electrons. The summed E-state index contributed by atoms with van der Waals surface area (Å²) in [5, 5.41) is 18.8. The van der Waals surface area contributed by atoms with E-state index in [1.165, 1.54) is 0 Å². The molecule has 3 rings (SSSR count). The normalized spacial score (nSPS) is 17.0. The van der Waals surface area contributed by atoms with Gasteiger partial charge < -0.3 is 38.6 Å². The highest BCUT2D eigenvalue weighted by Gasteiger charge is 2.13. The molecule has 2 aromatic rings. The van der Waals surface area contributed by atoms with E-state index in [-0.39, 0.29) is 39.6 Å². The molecule has 10 heteroatoms. The Kier molecular flexibility index (Phi) is 12.5. The van der Waals surface area contributed by atoms with Crippen LogP contribution in [0.4, 0.5) is 0 Å². The van der Waals surface area contributed by atoms with Crippen LogP contribution in [0.2, 0.25) is 0 Å². The van der Waals surface area contributed by atoms with E-state index in [1.54, 1.807) is 36.4 Å². The lowest BCUT2D eigenvalue weighted by atomic mass is 10.1. The Morgan fingerprint density at radius 2 is 0.947 bits per heavy atom. The van der Waals surface area contributed by atoms with E-state index < -0.39 is 11.9 Å². The van der Waals surface area contributed by atoms with Gasteiger partial charge in [0.05, 0.1) is 39.3 Å². The maximum Gasteiger partial charge on any atom is 0.309 e. The maximum atomic E-state index is 12.1. The highest BCUT2D eigenvalue weighted by molar-refractivity contribution is 5.77. The molecule has 0 bridgehead atoms. The highest BCUT2D eigenvalue weighted by atomic mass is 16.7. The largest absolute Gasteiger partial charge is 0.490 e. The zero-order valence-corrected chi connectivity index (χ0v) is 21.5. The van der Waals surface area contributed by atoms with Gasteiger partial charge in [-0.15, -0.1) is 0 Å². The molecule has 1 aliphatic rings. The van der Waals surface area contributed by atoms with Gasteiger partial charge in [0.1, 0.15) is 0 Å². The smallest absolute Gasteiger partial charge is 0.309 e. The molecule has 0 aliphatic carbocycles. The molecular weight excluding hydrogens is 496 g/mol. The van der Waals surface area contributed by atoms with Gasteiger partial charge in [-0.3, -0.25) is 9.59 Å². The van der Waals surface area contributed by atoms with E-state index in [9.17, 15) is 19.8 Å². The van der Waals surface area contributed by atoms with E-state index in [2.05, 4.69) is 0 Å². The van der Waals surface area contributed by atoms with Gasteiger partial charge in [-0.2, -0.15) is 0 Å². The molecule has 0 spiro atoms. The first-order valence-corrected chi connectivity index (χ1v) is 12.9. The lowest BCUT2D eigenvalue weighted by Crippen LogP contribution is -2.15. The van der Waals surface area contributed by atoms with Crippen molar-refractivity contribution in [1.29, 1.82) is 0 Å². The fourth-order valence-corrected chi connectivity index (χ4v) is 3.71. The monoisotopic (exact) mass is 532 g/mol. The van der Waals surface area contributed by atoms with Crippen LogP contribution in [-0.4, -0.2) is 49.0 Å². The Bertz CT molecular complexity index is 941. The maximum absolute atomic E-state index is 12.1. The standard InChI is InChI=1S/C28H36O10/c29-17-21-7-9-23-25(15-21)35-19-37-27(31)11-12-28(32)38-20-36-26-16-22(18-30)8-10-24(26)34-14-6-4-2-1-3-5-13-33-23/h7-10,15-16,29-30H,1-6,11-14,17-20H2. The van der Waals surface area contributed by atoms with E-state index >= 15 is 0 Å². The van der Waals surface area contributed by atoms with Crippen LogP contribution in [0.25, 0.3) is 0 Å². The lowest BCUT2D eigenvalue weighted by Gasteiger charge is -2.15. The predicted molar refractivity (Wildman–Crippen MR) is 136 cm³/mol. The van der Waals surface area contributed by atoms with E-state index in [4.69, 9.17) is 28.4 Å². The number of ether oxygens (including phenoxy) is 6. The number of rotatable bonds is 2. The summed E-state index contributed by atoms with van der Waals surface area (Å²) in [5.41, 5.74) is 1.27. The predicted octanol–water partition coefficient (Wildman–Crippen LogP) is 4.02. The summed E-state index contributed by atoms with van der Waals surface area (Å²) in [6, 6.07) is 10.2. The molecule has 0 aromatic heterocycles. The Morgan fingerprint density at radius 3 is 1.37 bits per heavy atom. The minimum atomic E-state index is -0.635. The number of carbonyl (C=O) groups excluding carboxylic acids is 2. The van der Waals surface area contributed by atoms with Crippen molar-refractivity contribution in [3.8, 4) is 23.0 Å². The quantitative estimate of drug-likeness (QED) is 0.547. The molecule has 0 amide bonds. The molecule has 0 atom stereocenters. The Morgan fingerprint density at radius 1 is 0.526 bits per heavy atom. The molecule has 208 valence electrons. The van der Waals surface area contributed by atoms with Crippen molar-refractivity contribution < 1.29 is 48.2 Å². The number of aliphatic hydroxyl groups excluding tert-OH is 2. The third-order valence-electron chi connectivity index (χ3n) is 5.84. The van der Waals surface area contributed by atoms with Gasteiger partial charge in [0.2, 0.25) is 13.6 Å². The van der Waals surface area contributed by atoms with Crippen LogP contribution in [0.15, 0.2) is 36.4 Å². The first kappa shape index (κ1) is 29.1. The van der Waals surface area contributed by atoms with Gasteiger partial charge >= 0.3 is 11.9 Å². The second-order valence-electron chi connectivity index (χ2n) is 8.75. The molecule has 10 nitrogen and oxygen atoms in total. The Hall–Kier alpha value is -3.50. The fourth-order valence-electron chi connectivity index (χ4n) is 3.71. The van der Waals surface area contributed by atoms with Crippen molar-refractivity contribution in [2.24, 2.45) is 0 Å². The first-order chi connectivity index (χ1) is 18.6. The van der Waals surface area contributed by atoms with Crippen LogP contribution in [0.3, 0.4) is 0 Å². The van der Waals surface area contributed by atoms with Gasteiger partial charge in [0.25, 0.3) is 0 Å². The molecule has 38 heavy (non-hydrogen) atoms. The number of benzene rings is 2. The first-order valence-electron chi connectivity index (χ1n) is 12.9. The average molecular weight is 533 g/mol. The van der Waals surface area contributed by atoms with Gasteiger partial charge in [-0.1, -0.05) is 37.8 Å². The van der Waals surface area contributed by atoms with Gasteiger partial charge in [0.15, 0.2) is 23.0 Å². The molecule has 0 saturated carbocycles. The molecule has 2 aromatic carbocycles. The summed E-state index contributed by atoms with van der Waals surface area (Å²) in [6.07, 6.45) is 5.52. The lowest BCUT2D eigenvalue weighted by molar-refractivity contribution is -0.157.